The molecule has 25 heavy (non-hydrogen) atoms. The fourth-order valence-corrected chi connectivity index (χ4v) is 3.56. The lowest BCUT2D eigenvalue weighted by molar-refractivity contribution is -0.149. The smallest absolute Gasteiger partial charge is 0.317 e. The molecule has 1 aliphatic carbocycles. The number of likely N-dealkylation sites (tertiary alicyclic amines) is 1. The van der Waals surface area contributed by atoms with Crippen LogP contribution < -0.4 is 5.32 Å². The first kappa shape index (κ1) is 19.5. The lowest BCUT2D eigenvalue weighted by atomic mass is 9.85. The lowest BCUT2D eigenvalue weighted by Crippen LogP contribution is -2.57. The highest BCUT2D eigenvalue weighted by molar-refractivity contribution is 5.77. The van der Waals surface area contributed by atoms with Gasteiger partial charge < -0.3 is 20.1 Å². The van der Waals surface area contributed by atoms with Crippen molar-refractivity contribution in [1.82, 2.24) is 15.1 Å². The van der Waals surface area contributed by atoms with Crippen molar-refractivity contribution < 1.29 is 24.2 Å². The predicted molar refractivity (Wildman–Crippen MR) is 91.2 cm³/mol. The first-order chi connectivity index (χ1) is 11.9. The number of ether oxygens (including phenoxy) is 1. The SMILES string of the molecule is CCOC(=O)[C@H]1CCCN(C(=O)NC2CC(N(CC)CC(=O)O)C2)C1. The number of aliphatic carboxylic acids is 1. The van der Waals surface area contributed by atoms with Crippen molar-refractivity contribution in [3.05, 3.63) is 0 Å². The first-order valence-electron chi connectivity index (χ1n) is 9.12. The predicted octanol–water partition coefficient (Wildman–Crippen LogP) is 0.909. The molecule has 1 saturated heterocycles. The quantitative estimate of drug-likeness (QED) is 0.659. The number of hydrogen-bond donors (Lipinski definition) is 2. The molecule has 0 bridgehead atoms. The number of urea groups is 1. The molecule has 2 fully saturated rings. The molecule has 1 saturated carbocycles. The van der Waals surface area contributed by atoms with Crippen LogP contribution in [0, 0.1) is 5.92 Å². The summed E-state index contributed by atoms with van der Waals surface area (Å²) in [6.07, 6.45) is 3.09. The minimum absolute atomic E-state index is 0.0369. The molecule has 0 unspecified atom stereocenters. The second-order valence-electron chi connectivity index (χ2n) is 6.77. The zero-order valence-corrected chi connectivity index (χ0v) is 15.1. The van der Waals surface area contributed by atoms with E-state index in [0.717, 1.165) is 25.7 Å². The number of amides is 2. The molecule has 0 aromatic heterocycles. The van der Waals surface area contributed by atoms with Crippen molar-refractivity contribution in [1.29, 1.82) is 0 Å². The summed E-state index contributed by atoms with van der Waals surface area (Å²) in [5, 5.41) is 11.9. The maximum absolute atomic E-state index is 12.4. The minimum atomic E-state index is -0.826. The normalized spacial score (nSPS) is 26.0. The molecule has 2 N–H and O–H groups in total. The number of rotatable bonds is 7. The van der Waals surface area contributed by atoms with E-state index in [4.69, 9.17) is 9.84 Å². The topological polar surface area (TPSA) is 99.2 Å². The third-order valence-corrected chi connectivity index (χ3v) is 5.03. The van der Waals surface area contributed by atoms with Gasteiger partial charge in [-0.05, 0) is 39.2 Å². The van der Waals surface area contributed by atoms with Crippen LogP contribution in [-0.2, 0) is 14.3 Å². The van der Waals surface area contributed by atoms with Crippen LogP contribution in [0.1, 0.15) is 39.5 Å². The van der Waals surface area contributed by atoms with E-state index in [1.807, 2.05) is 11.8 Å². The van der Waals surface area contributed by atoms with Crippen LogP contribution in [0.4, 0.5) is 4.79 Å². The molecule has 1 atom stereocenters. The maximum atomic E-state index is 12.4. The number of hydrogen-bond acceptors (Lipinski definition) is 5. The summed E-state index contributed by atoms with van der Waals surface area (Å²) in [6, 6.07) is 0.141. The van der Waals surface area contributed by atoms with E-state index in [9.17, 15) is 14.4 Å². The van der Waals surface area contributed by atoms with Crippen molar-refractivity contribution in [3.8, 4) is 0 Å². The van der Waals surface area contributed by atoms with Gasteiger partial charge in [-0.1, -0.05) is 6.92 Å². The van der Waals surface area contributed by atoms with Gasteiger partial charge in [-0.15, -0.1) is 0 Å². The Labute approximate surface area is 148 Å². The highest BCUT2D eigenvalue weighted by Crippen LogP contribution is 2.26. The molecule has 0 aromatic carbocycles. The van der Waals surface area contributed by atoms with Gasteiger partial charge >= 0.3 is 18.0 Å². The van der Waals surface area contributed by atoms with Gasteiger partial charge in [-0.2, -0.15) is 0 Å². The zero-order chi connectivity index (χ0) is 18.4. The maximum Gasteiger partial charge on any atom is 0.317 e. The molecule has 8 nitrogen and oxygen atoms in total. The highest BCUT2D eigenvalue weighted by Gasteiger charge is 2.36. The van der Waals surface area contributed by atoms with Crippen LogP contribution in [0.25, 0.3) is 0 Å². The number of carbonyl (C=O) groups excluding carboxylic acids is 2. The second kappa shape index (κ2) is 9.03. The summed E-state index contributed by atoms with van der Waals surface area (Å²) in [4.78, 5) is 38.7. The molecule has 2 aliphatic rings. The van der Waals surface area contributed by atoms with Gasteiger partial charge in [0, 0.05) is 25.2 Å². The number of nitrogens with one attached hydrogen (secondary N) is 1. The van der Waals surface area contributed by atoms with Crippen LogP contribution in [0.5, 0.6) is 0 Å². The molecule has 0 spiro atoms. The van der Waals surface area contributed by atoms with Crippen molar-refractivity contribution in [3.63, 3.8) is 0 Å². The standard InChI is InChI=1S/C17H29N3O5/c1-3-19(11-15(21)22)14-8-13(9-14)18-17(24)20-7-5-6-12(10-20)16(23)25-4-2/h12-14H,3-11H2,1-2H3,(H,18,24)(H,21,22)/t12-,13?,14?/m0/s1. The van der Waals surface area contributed by atoms with E-state index in [1.54, 1.807) is 11.8 Å². The number of carboxylic acids is 1. The molecule has 1 aliphatic heterocycles. The van der Waals surface area contributed by atoms with Crippen LogP contribution in [0.3, 0.4) is 0 Å². The fourth-order valence-electron chi connectivity index (χ4n) is 3.56. The van der Waals surface area contributed by atoms with E-state index in [1.165, 1.54) is 0 Å². The minimum Gasteiger partial charge on any atom is -0.480 e. The Balaban J connectivity index is 1.75. The second-order valence-corrected chi connectivity index (χ2v) is 6.77. The summed E-state index contributed by atoms with van der Waals surface area (Å²) < 4.78 is 5.06. The molecule has 142 valence electrons. The van der Waals surface area contributed by atoms with Crippen LogP contribution in [-0.4, -0.2) is 77.7 Å². The van der Waals surface area contributed by atoms with E-state index in [-0.39, 0.29) is 36.5 Å². The summed E-state index contributed by atoms with van der Waals surface area (Å²) in [5.74, 6) is -1.29. The van der Waals surface area contributed by atoms with Gasteiger partial charge in [0.05, 0.1) is 19.1 Å². The summed E-state index contributed by atoms with van der Waals surface area (Å²) >= 11 is 0. The van der Waals surface area contributed by atoms with Gasteiger partial charge in [0.15, 0.2) is 0 Å². The first-order valence-corrected chi connectivity index (χ1v) is 9.12. The third-order valence-electron chi connectivity index (χ3n) is 5.03. The molecular formula is C17H29N3O5. The van der Waals surface area contributed by atoms with Gasteiger partial charge in [0.25, 0.3) is 0 Å². The van der Waals surface area contributed by atoms with Gasteiger partial charge in [-0.3, -0.25) is 14.5 Å². The average Bonchev–Trinajstić information content (AvgIpc) is 2.56. The van der Waals surface area contributed by atoms with Crippen molar-refractivity contribution in [2.75, 3.05) is 32.8 Å². The van der Waals surface area contributed by atoms with Crippen molar-refractivity contribution in [2.45, 2.75) is 51.6 Å². The molecule has 0 radical (unpaired) electrons. The fraction of sp³-hybridized carbons (Fsp3) is 0.824. The van der Waals surface area contributed by atoms with Gasteiger partial charge in [-0.25, -0.2) is 4.79 Å². The van der Waals surface area contributed by atoms with Crippen LogP contribution in [0.2, 0.25) is 0 Å². The van der Waals surface area contributed by atoms with Crippen molar-refractivity contribution in [2.24, 2.45) is 5.92 Å². The zero-order valence-electron chi connectivity index (χ0n) is 15.1. The molecular weight excluding hydrogens is 326 g/mol. The number of esters is 1. The molecule has 1 heterocycles. The summed E-state index contributed by atoms with van der Waals surface area (Å²) in [7, 11) is 0. The van der Waals surface area contributed by atoms with E-state index in [2.05, 4.69) is 5.32 Å². The molecule has 8 heteroatoms. The Bertz CT molecular complexity index is 493. The number of carbonyl (C=O) groups is 3. The largest absolute Gasteiger partial charge is 0.480 e. The van der Waals surface area contributed by atoms with E-state index >= 15 is 0 Å². The Hall–Kier alpha value is -1.83. The third kappa shape index (κ3) is 5.32. The summed E-state index contributed by atoms with van der Waals surface area (Å²) in [5.41, 5.74) is 0. The van der Waals surface area contributed by atoms with Gasteiger partial charge in [0.1, 0.15) is 0 Å². The average molecular weight is 355 g/mol. The molecule has 0 aromatic rings. The number of likely N-dealkylation sites (N-methyl/N-ethyl adjacent to an activating group) is 1. The molecule has 2 rings (SSSR count). The Kier molecular flexibility index (Phi) is 7.04. The van der Waals surface area contributed by atoms with Crippen LogP contribution in [0.15, 0.2) is 0 Å². The van der Waals surface area contributed by atoms with E-state index in [0.29, 0.717) is 26.2 Å². The molecule has 2 amide bonds. The number of piperidine rings is 1. The van der Waals surface area contributed by atoms with E-state index < -0.39 is 5.97 Å². The number of nitrogens with zero attached hydrogens (tertiary/aromatic N) is 2. The highest BCUT2D eigenvalue weighted by atomic mass is 16.5. The Morgan fingerprint density at radius 2 is 2.00 bits per heavy atom. The summed E-state index contributed by atoms with van der Waals surface area (Å²) in [6.45, 7) is 5.86. The lowest BCUT2D eigenvalue weighted by Gasteiger charge is -2.43. The van der Waals surface area contributed by atoms with Gasteiger partial charge in [0.2, 0.25) is 0 Å². The Morgan fingerprint density at radius 3 is 2.60 bits per heavy atom. The Morgan fingerprint density at radius 1 is 1.28 bits per heavy atom. The van der Waals surface area contributed by atoms with Crippen LogP contribution >= 0.6 is 0 Å². The number of carboxylic acid groups (broad SMARTS) is 1. The van der Waals surface area contributed by atoms with Crippen molar-refractivity contribution >= 4 is 18.0 Å². The monoisotopic (exact) mass is 355 g/mol.